The van der Waals surface area contributed by atoms with Gasteiger partial charge in [-0.25, -0.2) is 9.78 Å². The number of nitrogens with zero attached hydrogens (tertiary/aromatic N) is 2. The van der Waals surface area contributed by atoms with Crippen molar-refractivity contribution >= 4 is 5.97 Å². The third kappa shape index (κ3) is 2.53. The molecule has 0 aliphatic carbocycles. The fourth-order valence-corrected chi connectivity index (χ4v) is 2.10. The summed E-state index contributed by atoms with van der Waals surface area (Å²) in [5, 5.41) is 9.35. The van der Waals surface area contributed by atoms with Crippen molar-refractivity contribution in [2.75, 3.05) is 0 Å². The molecule has 0 fully saturated rings. The van der Waals surface area contributed by atoms with E-state index in [0.717, 1.165) is 16.7 Å². The minimum Gasteiger partial charge on any atom is -0.476 e. The highest BCUT2D eigenvalue weighted by molar-refractivity contribution is 5.94. The number of imidazole rings is 1. The molecular weight excluding hydrogens is 266 g/mol. The van der Waals surface area contributed by atoms with E-state index in [-0.39, 0.29) is 5.69 Å². The number of rotatable bonds is 3. The van der Waals surface area contributed by atoms with E-state index in [1.807, 2.05) is 31.2 Å². The quantitative estimate of drug-likeness (QED) is 0.772. The molecule has 3 rings (SSSR count). The van der Waals surface area contributed by atoms with Crippen molar-refractivity contribution in [1.29, 1.82) is 0 Å². The van der Waals surface area contributed by atoms with Crippen LogP contribution in [0.25, 0.3) is 22.6 Å². The standard InChI is InChI=1S/C16H13N3O2/c1-10-2-4-11(5-3-10)13-14(16(20)21)19-15(18-13)12-6-8-17-9-7-12/h2-9H,1H3,(H,18,19)(H,20,21). The fourth-order valence-electron chi connectivity index (χ4n) is 2.10. The van der Waals surface area contributed by atoms with Gasteiger partial charge in [-0.3, -0.25) is 4.98 Å². The van der Waals surface area contributed by atoms with E-state index in [1.54, 1.807) is 24.5 Å². The van der Waals surface area contributed by atoms with Gasteiger partial charge < -0.3 is 10.1 Å². The van der Waals surface area contributed by atoms with Crippen molar-refractivity contribution < 1.29 is 9.90 Å². The monoisotopic (exact) mass is 279 g/mol. The van der Waals surface area contributed by atoms with Crippen LogP contribution in [0.4, 0.5) is 0 Å². The maximum absolute atomic E-state index is 11.4. The lowest BCUT2D eigenvalue weighted by Crippen LogP contribution is -1.99. The molecule has 0 aliphatic heterocycles. The number of aromatic carboxylic acids is 1. The number of hydrogen-bond acceptors (Lipinski definition) is 3. The zero-order valence-electron chi connectivity index (χ0n) is 11.4. The molecule has 0 saturated heterocycles. The van der Waals surface area contributed by atoms with E-state index in [0.29, 0.717) is 11.5 Å². The van der Waals surface area contributed by atoms with Gasteiger partial charge in [0, 0.05) is 23.5 Å². The summed E-state index contributed by atoms with van der Waals surface area (Å²) in [4.78, 5) is 22.6. The second kappa shape index (κ2) is 5.20. The lowest BCUT2D eigenvalue weighted by atomic mass is 10.1. The smallest absolute Gasteiger partial charge is 0.356 e. The molecule has 0 unspecified atom stereocenters. The first-order valence-electron chi connectivity index (χ1n) is 6.46. The second-order valence-corrected chi connectivity index (χ2v) is 4.72. The zero-order chi connectivity index (χ0) is 14.8. The molecule has 0 saturated carbocycles. The van der Waals surface area contributed by atoms with Crippen molar-refractivity contribution in [3.8, 4) is 22.6 Å². The minimum absolute atomic E-state index is 0.0191. The molecule has 104 valence electrons. The van der Waals surface area contributed by atoms with Crippen molar-refractivity contribution in [3.05, 3.63) is 60.0 Å². The number of aromatic nitrogens is 3. The van der Waals surface area contributed by atoms with Crippen LogP contribution in [0.1, 0.15) is 16.1 Å². The number of aryl methyl sites for hydroxylation is 1. The topological polar surface area (TPSA) is 78.9 Å². The number of benzene rings is 1. The van der Waals surface area contributed by atoms with Crippen LogP contribution >= 0.6 is 0 Å². The van der Waals surface area contributed by atoms with Crippen molar-refractivity contribution in [2.45, 2.75) is 6.92 Å². The van der Waals surface area contributed by atoms with Crippen LogP contribution in [0.5, 0.6) is 0 Å². The van der Waals surface area contributed by atoms with Gasteiger partial charge >= 0.3 is 5.97 Å². The number of H-pyrrole nitrogens is 1. The Morgan fingerprint density at radius 1 is 1.05 bits per heavy atom. The van der Waals surface area contributed by atoms with Gasteiger partial charge in [-0.15, -0.1) is 0 Å². The van der Waals surface area contributed by atoms with Gasteiger partial charge in [0.15, 0.2) is 5.69 Å². The Kier molecular flexibility index (Phi) is 3.23. The molecule has 3 aromatic rings. The number of carboxylic acid groups (broad SMARTS) is 1. The number of pyridine rings is 1. The highest BCUT2D eigenvalue weighted by Crippen LogP contribution is 2.26. The van der Waals surface area contributed by atoms with E-state index >= 15 is 0 Å². The third-order valence-corrected chi connectivity index (χ3v) is 3.20. The van der Waals surface area contributed by atoms with E-state index in [9.17, 15) is 9.90 Å². The van der Waals surface area contributed by atoms with Gasteiger partial charge in [0.1, 0.15) is 5.82 Å². The summed E-state index contributed by atoms with van der Waals surface area (Å²) in [7, 11) is 0. The van der Waals surface area contributed by atoms with Crippen LogP contribution in [0, 0.1) is 6.92 Å². The number of carbonyl (C=O) groups is 1. The van der Waals surface area contributed by atoms with Gasteiger partial charge in [-0.1, -0.05) is 29.8 Å². The molecule has 2 aromatic heterocycles. The molecular formula is C16H13N3O2. The average Bonchev–Trinajstić information content (AvgIpc) is 2.94. The summed E-state index contributed by atoms with van der Waals surface area (Å²) in [5.74, 6) is -0.535. The molecule has 0 aliphatic rings. The van der Waals surface area contributed by atoms with Crippen LogP contribution in [-0.2, 0) is 0 Å². The Balaban J connectivity index is 2.14. The van der Waals surface area contributed by atoms with Crippen LogP contribution in [-0.4, -0.2) is 26.0 Å². The molecule has 0 radical (unpaired) electrons. The van der Waals surface area contributed by atoms with Gasteiger partial charge in [-0.05, 0) is 19.1 Å². The lowest BCUT2D eigenvalue weighted by Gasteiger charge is -2.00. The van der Waals surface area contributed by atoms with Gasteiger partial charge in [0.25, 0.3) is 0 Å². The molecule has 1 aromatic carbocycles. The van der Waals surface area contributed by atoms with Crippen molar-refractivity contribution in [2.24, 2.45) is 0 Å². The first-order chi connectivity index (χ1) is 10.1. The van der Waals surface area contributed by atoms with E-state index in [4.69, 9.17) is 0 Å². The molecule has 0 spiro atoms. The number of hydrogen-bond donors (Lipinski definition) is 2. The molecule has 0 amide bonds. The first-order valence-corrected chi connectivity index (χ1v) is 6.46. The van der Waals surface area contributed by atoms with Crippen LogP contribution in [0.2, 0.25) is 0 Å². The molecule has 0 atom stereocenters. The predicted octanol–water partition coefficient (Wildman–Crippen LogP) is 3.15. The van der Waals surface area contributed by atoms with Crippen LogP contribution < -0.4 is 0 Å². The van der Waals surface area contributed by atoms with E-state index < -0.39 is 5.97 Å². The zero-order valence-corrected chi connectivity index (χ0v) is 11.4. The van der Waals surface area contributed by atoms with Crippen LogP contribution in [0.15, 0.2) is 48.8 Å². The first kappa shape index (κ1) is 13.1. The van der Waals surface area contributed by atoms with E-state index in [1.165, 1.54) is 0 Å². The normalized spacial score (nSPS) is 10.5. The highest BCUT2D eigenvalue weighted by atomic mass is 16.4. The number of aromatic amines is 1. The Morgan fingerprint density at radius 3 is 2.33 bits per heavy atom. The van der Waals surface area contributed by atoms with Gasteiger partial charge in [-0.2, -0.15) is 0 Å². The Labute approximate surface area is 121 Å². The average molecular weight is 279 g/mol. The summed E-state index contributed by atoms with van der Waals surface area (Å²) in [6, 6.07) is 11.2. The summed E-state index contributed by atoms with van der Waals surface area (Å²) in [6.45, 7) is 1.98. The summed E-state index contributed by atoms with van der Waals surface area (Å²) >= 11 is 0. The number of carboxylic acids is 1. The molecule has 0 bridgehead atoms. The molecule has 5 heteroatoms. The van der Waals surface area contributed by atoms with E-state index in [2.05, 4.69) is 15.0 Å². The van der Waals surface area contributed by atoms with Crippen molar-refractivity contribution in [3.63, 3.8) is 0 Å². The lowest BCUT2D eigenvalue weighted by molar-refractivity contribution is 0.0692. The summed E-state index contributed by atoms with van der Waals surface area (Å²) < 4.78 is 0. The van der Waals surface area contributed by atoms with Crippen LogP contribution in [0.3, 0.4) is 0 Å². The Morgan fingerprint density at radius 2 is 1.71 bits per heavy atom. The highest BCUT2D eigenvalue weighted by Gasteiger charge is 2.18. The Bertz CT molecular complexity index is 777. The fraction of sp³-hybridized carbons (Fsp3) is 0.0625. The molecule has 2 heterocycles. The summed E-state index contributed by atoms with van der Waals surface area (Å²) in [6.07, 6.45) is 3.29. The largest absolute Gasteiger partial charge is 0.476 e. The molecule has 5 nitrogen and oxygen atoms in total. The maximum Gasteiger partial charge on any atom is 0.356 e. The maximum atomic E-state index is 11.4. The van der Waals surface area contributed by atoms with Crippen molar-refractivity contribution in [1.82, 2.24) is 15.0 Å². The minimum atomic E-state index is -1.05. The van der Waals surface area contributed by atoms with Gasteiger partial charge in [0.05, 0.1) is 5.69 Å². The number of nitrogens with one attached hydrogen (secondary N) is 1. The third-order valence-electron chi connectivity index (χ3n) is 3.20. The molecule has 21 heavy (non-hydrogen) atoms. The summed E-state index contributed by atoms with van der Waals surface area (Å²) in [5.41, 5.74) is 3.24. The SMILES string of the molecule is Cc1ccc(-c2[nH]c(-c3ccncc3)nc2C(=O)O)cc1. The Hall–Kier alpha value is -2.95. The molecule has 2 N–H and O–H groups in total. The second-order valence-electron chi connectivity index (χ2n) is 4.72. The predicted molar refractivity (Wildman–Crippen MR) is 79.0 cm³/mol. The van der Waals surface area contributed by atoms with Gasteiger partial charge in [0.2, 0.25) is 0 Å².